The zero-order chi connectivity index (χ0) is 20.4. The fourth-order valence-corrected chi connectivity index (χ4v) is 4.50. The zero-order valence-electron chi connectivity index (χ0n) is 17.0. The van der Waals surface area contributed by atoms with Crippen molar-refractivity contribution >= 4 is 22.7 Å². The summed E-state index contributed by atoms with van der Waals surface area (Å²) < 4.78 is 0. The molecule has 1 unspecified atom stereocenters. The minimum Gasteiger partial charge on any atom is -0.389 e. The van der Waals surface area contributed by atoms with Gasteiger partial charge in [0.05, 0.1) is 5.60 Å². The van der Waals surface area contributed by atoms with Gasteiger partial charge in [-0.05, 0) is 38.3 Å². The summed E-state index contributed by atoms with van der Waals surface area (Å²) in [5.41, 5.74) is 0.868. The molecule has 4 rings (SSSR count). The van der Waals surface area contributed by atoms with E-state index in [-0.39, 0.29) is 11.8 Å². The van der Waals surface area contributed by atoms with E-state index < -0.39 is 5.60 Å². The molecule has 1 aromatic heterocycles. The molecule has 7 heteroatoms. The number of piperidine rings is 1. The van der Waals surface area contributed by atoms with Crippen LogP contribution in [0, 0.1) is 0 Å². The van der Waals surface area contributed by atoms with Gasteiger partial charge in [0.1, 0.15) is 5.69 Å². The molecule has 2 saturated heterocycles. The fourth-order valence-electron chi connectivity index (χ4n) is 4.50. The van der Waals surface area contributed by atoms with Crippen molar-refractivity contribution in [3.8, 4) is 0 Å². The third-order valence-electron chi connectivity index (χ3n) is 6.21. The molecular weight excluding hydrogens is 368 g/mol. The van der Waals surface area contributed by atoms with E-state index in [1.54, 1.807) is 0 Å². The van der Waals surface area contributed by atoms with Crippen LogP contribution in [-0.2, 0) is 4.79 Å². The van der Waals surface area contributed by atoms with Crippen LogP contribution in [-0.4, -0.2) is 76.1 Å². The van der Waals surface area contributed by atoms with E-state index in [1.165, 1.54) is 0 Å². The van der Waals surface area contributed by atoms with Crippen molar-refractivity contribution in [1.82, 2.24) is 20.1 Å². The molecule has 0 bridgehead atoms. The van der Waals surface area contributed by atoms with Crippen LogP contribution in [0.5, 0.6) is 0 Å². The maximum atomic E-state index is 12.5. The van der Waals surface area contributed by atoms with Gasteiger partial charge >= 0.3 is 0 Å². The Hall–Kier alpha value is -2.38. The Morgan fingerprint density at radius 3 is 2.69 bits per heavy atom. The highest BCUT2D eigenvalue weighted by Crippen LogP contribution is 2.26. The first-order valence-electron chi connectivity index (χ1n) is 10.5. The van der Waals surface area contributed by atoms with Gasteiger partial charge in [-0.15, -0.1) is 0 Å². The number of benzene rings is 1. The first-order valence-corrected chi connectivity index (χ1v) is 10.5. The molecule has 0 spiro atoms. The van der Waals surface area contributed by atoms with Crippen molar-refractivity contribution in [2.24, 2.45) is 0 Å². The number of hydrogen-bond donors (Lipinski definition) is 3. The van der Waals surface area contributed by atoms with Crippen LogP contribution in [0.2, 0.25) is 0 Å². The highest BCUT2D eigenvalue weighted by atomic mass is 16.3. The van der Waals surface area contributed by atoms with Gasteiger partial charge in [0.15, 0.2) is 0 Å². The molecule has 2 aromatic rings. The maximum Gasteiger partial charge on any atom is 0.267 e. The number of likely N-dealkylation sites (tertiary alicyclic amines) is 2. The van der Waals surface area contributed by atoms with Gasteiger partial charge in [0.2, 0.25) is 5.91 Å². The Balaban J connectivity index is 1.20. The number of aliphatic hydroxyl groups is 1. The van der Waals surface area contributed by atoms with Crippen LogP contribution >= 0.6 is 0 Å². The van der Waals surface area contributed by atoms with Crippen LogP contribution in [0.25, 0.3) is 10.9 Å². The molecule has 1 atom stereocenters. The minimum absolute atomic E-state index is 0.0915. The molecule has 2 fully saturated rings. The predicted octanol–water partition coefficient (Wildman–Crippen LogP) is 1.74. The van der Waals surface area contributed by atoms with Crippen molar-refractivity contribution in [3.05, 3.63) is 36.0 Å². The first kappa shape index (κ1) is 19.9. The quantitative estimate of drug-likeness (QED) is 0.716. The van der Waals surface area contributed by atoms with E-state index in [0.717, 1.165) is 56.3 Å². The number of carbonyl (C=O) groups is 2. The number of nitrogens with one attached hydrogen (secondary N) is 2. The van der Waals surface area contributed by atoms with Crippen LogP contribution in [0.4, 0.5) is 0 Å². The second-order valence-corrected chi connectivity index (χ2v) is 8.61. The molecule has 2 aliphatic heterocycles. The molecule has 0 radical (unpaired) electrons. The van der Waals surface area contributed by atoms with Crippen molar-refractivity contribution < 1.29 is 14.7 Å². The summed E-state index contributed by atoms with van der Waals surface area (Å²) in [5, 5.41) is 14.0. The Labute approximate surface area is 171 Å². The Bertz CT molecular complexity index is 850. The number of H-pyrrole nitrogens is 1. The summed E-state index contributed by atoms with van der Waals surface area (Å²) in [6.07, 6.45) is 3.03. The highest BCUT2D eigenvalue weighted by Gasteiger charge is 2.36. The third-order valence-corrected chi connectivity index (χ3v) is 6.21. The van der Waals surface area contributed by atoms with E-state index >= 15 is 0 Å². The lowest BCUT2D eigenvalue weighted by atomic mass is 10.0. The number of aromatic nitrogens is 1. The summed E-state index contributed by atoms with van der Waals surface area (Å²) >= 11 is 0. The van der Waals surface area contributed by atoms with Crippen LogP contribution in [0.3, 0.4) is 0 Å². The monoisotopic (exact) mass is 398 g/mol. The maximum absolute atomic E-state index is 12.5. The SMILES string of the molecule is CC1(O)CCN(C2CCN(C(=O)CCNC(=O)c3cc4ccccc4[nH]3)CC2)C1. The Kier molecular flexibility index (Phi) is 5.61. The van der Waals surface area contributed by atoms with Gasteiger partial charge in [-0.1, -0.05) is 18.2 Å². The van der Waals surface area contributed by atoms with E-state index in [4.69, 9.17) is 0 Å². The lowest BCUT2D eigenvalue weighted by Gasteiger charge is -2.37. The van der Waals surface area contributed by atoms with E-state index in [9.17, 15) is 14.7 Å². The molecule has 0 aliphatic carbocycles. The van der Waals surface area contributed by atoms with Crippen LogP contribution < -0.4 is 5.32 Å². The second-order valence-electron chi connectivity index (χ2n) is 8.61. The van der Waals surface area contributed by atoms with Crippen molar-refractivity contribution in [2.45, 2.75) is 44.2 Å². The average molecular weight is 399 g/mol. The number of para-hydroxylation sites is 1. The molecule has 0 saturated carbocycles. The predicted molar refractivity (Wildman–Crippen MR) is 112 cm³/mol. The molecule has 7 nitrogen and oxygen atoms in total. The van der Waals surface area contributed by atoms with Crippen LogP contribution in [0.1, 0.15) is 43.1 Å². The minimum atomic E-state index is -0.573. The molecule has 3 N–H and O–H groups in total. The molecule has 29 heavy (non-hydrogen) atoms. The van der Waals surface area contributed by atoms with E-state index in [1.807, 2.05) is 42.2 Å². The van der Waals surface area contributed by atoms with Gasteiger partial charge in [-0.2, -0.15) is 0 Å². The first-order chi connectivity index (χ1) is 13.9. The summed E-state index contributed by atoms with van der Waals surface area (Å²) in [7, 11) is 0. The summed E-state index contributed by atoms with van der Waals surface area (Å²) in [4.78, 5) is 32.2. The van der Waals surface area contributed by atoms with Crippen molar-refractivity contribution in [1.29, 1.82) is 0 Å². The lowest BCUT2D eigenvalue weighted by molar-refractivity contribution is -0.132. The molecule has 2 amide bonds. The van der Waals surface area contributed by atoms with Crippen molar-refractivity contribution in [2.75, 3.05) is 32.7 Å². The summed E-state index contributed by atoms with van der Waals surface area (Å²) in [6, 6.07) is 10.0. The second kappa shape index (κ2) is 8.16. The average Bonchev–Trinajstić information content (AvgIpc) is 3.31. The summed E-state index contributed by atoms with van der Waals surface area (Å²) in [5.74, 6) is -0.0948. The van der Waals surface area contributed by atoms with Gasteiger partial charge in [-0.25, -0.2) is 0 Å². The van der Waals surface area contributed by atoms with Gasteiger partial charge in [-0.3, -0.25) is 14.5 Å². The number of hydrogen-bond acceptors (Lipinski definition) is 4. The topological polar surface area (TPSA) is 88.7 Å². The molecule has 1 aromatic carbocycles. The van der Waals surface area contributed by atoms with E-state index in [0.29, 0.717) is 24.7 Å². The third kappa shape index (κ3) is 4.62. The Morgan fingerprint density at radius 2 is 2.00 bits per heavy atom. The van der Waals surface area contributed by atoms with Gasteiger partial charge < -0.3 is 20.3 Å². The van der Waals surface area contributed by atoms with E-state index in [2.05, 4.69) is 15.2 Å². The Morgan fingerprint density at radius 1 is 1.24 bits per heavy atom. The fraction of sp³-hybridized carbons (Fsp3) is 0.545. The van der Waals surface area contributed by atoms with Gasteiger partial charge in [0.25, 0.3) is 5.91 Å². The summed E-state index contributed by atoms with van der Waals surface area (Å²) in [6.45, 7) is 5.39. The number of carbonyl (C=O) groups excluding carboxylic acids is 2. The number of fused-ring (bicyclic) bond motifs is 1. The van der Waals surface area contributed by atoms with Gasteiger partial charge in [0, 0.05) is 56.1 Å². The number of rotatable bonds is 5. The number of nitrogens with zero attached hydrogens (tertiary/aromatic N) is 2. The normalized spacial score (nSPS) is 23.6. The number of β-amino-alcohol motifs (C(OH)–C–C–N with tert-alkyl or cyclic N) is 1. The molecule has 156 valence electrons. The molecule has 3 heterocycles. The zero-order valence-corrected chi connectivity index (χ0v) is 17.0. The lowest BCUT2D eigenvalue weighted by Crippen LogP contribution is -2.47. The number of aromatic amines is 1. The standard InChI is InChI=1S/C22H30N4O3/c1-22(29)9-13-26(15-22)17-7-11-25(12-8-17)20(27)6-10-23-21(28)19-14-16-4-2-3-5-18(16)24-19/h2-5,14,17,24,29H,6-13,15H2,1H3,(H,23,28). The van der Waals surface area contributed by atoms with Crippen molar-refractivity contribution in [3.63, 3.8) is 0 Å². The molecule has 2 aliphatic rings. The molecular formula is C22H30N4O3. The largest absolute Gasteiger partial charge is 0.389 e. The highest BCUT2D eigenvalue weighted by molar-refractivity contribution is 5.98. The van der Waals surface area contributed by atoms with Crippen LogP contribution in [0.15, 0.2) is 30.3 Å². The smallest absolute Gasteiger partial charge is 0.267 e. The number of amides is 2.